The molecule has 1 aromatic rings. The van der Waals surface area contributed by atoms with E-state index in [9.17, 15) is 4.79 Å². The lowest BCUT2D eigenvalue weighted by molar-refractivity contribution is -0.104. The quantitative estimate of drug-likeness (QED) is 0.419. The maximum absolute atomic E-state index is 10.2. The molecule has 0 amide bonds. The van der Waals surface area contributed by atoms with Gasteiger partial charge in [-0.15, -0.1) is 0 Å². The molecule has 0 radical (unpaired) electrons. The molecule has 4 nitrogen and oxygen atoms in total. The molecule has 0 saturated carbocycles. The van der Waals surface area contributed by atoms with Crippen molar-refractivity contribution in [3.63, 3.8) is 0 Å². The second-order valence-corrected chi connectivity index (χ2v) is 2.96. The summed E-state index contributed by atoms with van der Waals surface area (Å²) >= 11 is 0. The number of hydrogen-bond acceptors (Lipinski definition) is 4. The normalized spacial score (nSPS) is 10.4. The smallest absolute Gasteiger partial charge is 0.188 e. The van der Waals surface area contributed by atoms with E-state index in [1.54, 1.807) is 32.4 Å². The molecule has 0 aliphatic carbocycles. The van der Waals surface area contributed by atoms with Crippen molar-refractivity contribution in [3.8, 4) is 11.5 Å². The van der Waals surface area contributed by atoms with Gasteiger partial charge >= 0.3 is 0 Å². The van der Waals surface area contributed by atoms with Gasteiger partial charge < -0.3 is 14.2 Å². The van der Waals surface area contributed by atoms with Gasteiger partial charge in [-0.2, -0.15) is 0 Å². The molecule has 0 fully saturated rings. The van der Waals surface area contributed by atoms with E-state index in [0.29, 0.717) is 11.5 Å². The Hall–Kier alpha value is -1.81. The first kappa shape index (κ1) is 12.3. The van der Waals surface area contributed by atoms with Crippen molar-refractivity contribution in [2.24, 2.45) is 0 Å². The molecule has 1 aromatic carbocycles. The Balaban J connectivity index is 2.87. The molecule has 0 atom stereocenters. The largest absolute Gasteiger partial charge is 0.493 e. The van der Waals surface area contributed by atoms with Crippen LogP contribution in [-0.4, -0.2) is 27.3 Å². The van der Waals surface area contributed by atoms with Gasteiger partial charge in [-0.25, -0.2) is 0 Å². The summed E-state index contributed by atoms with van der Waals surface area (Å²) in [5.41, 5.74) is 0.869. The van der Waals surface area contributed by atoms with Crippen LogP contribution in [0.4, 0.5) is 0 Å². The number of carbonyl (C=O) groups is 1. The first-order chi connectivity index (χ1) is 7.81. The summed E-state index contributed by atoms with van der Waals surface area (Å²) in [6.07, 6.45) is 3.84. The Bertz CT molecular complexity index is 371. The molecule has 1 rings (SSSR count). The van der Waals surface area contributed by atoms with Crippen LogP contribution in [0.1, 0.15) is 5.56 Å². The highest BCUT2D eigenvalue weighted by atomic mass is 16.7. The fourth-order valence-electron chi connectivity index (χ4n) is 1.18. The van der Waals surface area contributed by atoms with Crippen molar-refractivity contribution in [1.29, 1.82) is 0 Å². The summed E-state index contributed by atoms with van der Waals surface area (Å²) in [4.78, 5) is 10.2. The lowest BCUT2D eigenvalue weighted by Crippen LogP contribution is -2.00. The zero-order chi connectivity index (χ0) is 11.8. The van der Waals surface area contributed by atoms with Crippen molar-refractivity contribution in [2.45, 2.75) is 0 Å². The van der Waals surface area contributed by atoms with Gasteiger partial charge in [0.2, 0.25) is 0 Å². The summed E-state index contributed by atoms with van der Waals surface area (Å²) in [7, 11) is 3.11. The number of hydrogen-bond donors (Lipinski definition) is 0. The van der Waals surface area contributed by atoms with Gasteiger partial charge in [0.05, 0.1) is 7.11 Å². The van der Waals surface area contributed by atoms with E-state index in [4.69, 9.17) is 14.2 Å². The predicted molar refractivity (Wildman–Crippen MR) is 60.6 cm³/mol. The van der Waals surface area contributed by atoms with E-state index < -0.39 is 0 Å². The number of allylic oxidation sites excluding steroid dienone is 1. The molecule has 0 heterocycles. The third-order valence-corrected chi connectivity index (χ3v) is 1.89. The number of aldehydes is 1. The molecule has 0 aromatic heterocycles. The van der Waals surface area contributed by atoms with Crippen LogP contribution in [0.2, 0.25) is 0 Å². The third-order valence-electron chi connectivity index (χ3n) is 1.89. The minimum absolute atomic E-state index is 0.167. The molecular weight excluding hydrogens is 208 g/mol. The molecule has 0 bridgehead atoms. The highest BCUT2D eigenvalue weighted by Crippen LogP contribution is 2.28. The molecule has 0 N–H and O–H groups in total. The van der Waals surface area contributed by atoms with Crippen LogP contribution in [0.5, 0.6) is 11.5 Å². The minimum atomic E-state index is 0.167. The van der Waals surface area contributed by atoms with Gasteiger partial charge in [0.15, 0.2) is 18.3 Å². The van der Waals surface area contributed by atoms with Crippen LogP contribution >= 0.6 is 0 Å². The number of benzene rings is 1. The molecule has 0 unspecified atom stereocenters. The molecular formula is C12H14O4. The average molecular weight is 222 g/mol. The summed E-state index contributed by atoms with van der Waals surface area (Å²) in [5, 5.41) is 0. The van der Waals surface area contributed by atoms with Crippen LogP contribution in [0.25, 0.3) is 6.08 Å². The average Bonchev–Trinajstić information content (AvgIpc) is 2.34. The molecule has 0 spiro atoms. The van der Waals surface area contributed by atoms with Gasteiger partial charge in [0, 0.05) is 7.11 Å². The van der Waals surface area contributed by atoms with Crippen LogP contribution in [0.15, 0.2) is 24.3 Å². The summed E-state index contributed by atoms with van der Waals surface area (Å²) < 4.78 is 15.3. The summed E-state index contributed by atoms with van der Waals surface area (Å²) in [6.45, 7) is 0.167. The second-order valence-electron chi connectivity index (χ2n) is 2.96. The molecule has 0 aliphatic rings. The minimum Gasteiger partial charge on any atom is -0.493 e. The second kappa shape index (κ2) is 6.63. The Labute approximate surface area is 94.4 Å². The van der Waals surface area contributed by atoms with Crippen LogP contribution in [0, 0.1) is 0 Å². The van der Waals surface area contributed by atoms with Gasteiger partial charge in [-0.3, -0.25) is 4.79 Å². The van der Waals surface area contributed by atoms with Crippen molar-refractivity contribution < 1.29 is 19.0 Å². The van der Waals surface area contributed by atoms with E-state index in [1.165, 1.54) is 6.08 Å². The highest BCUT2D eigenvalue weighted by molar-refractivity contribution is 5.74. The number of methoxy groups -OCH3 is 2. The van der Waals surface area contributed by atoms with Gasteiger partial charge in [0.1, 0.15) is 6.29 Å². The van der Waals surface area contributed by atoms with Gasteiger partial charge in [-0.1, -0.05) is 12.1 Å². The fraction of sp³-hybridized carbons (Fsp3) is 0.250. The lowest BCUT2D eigenvalue weighted by Gasteiger charge is -2.10. The SMILES string of the molecule is COCOc1ccc(/C=C\C=O)cc1OC. The van der Waals surface area contributed by atoms with Crippen molar-refractivity contribution in [1.82, 2.24) is 0 Å². The maximum atomic E-state index is 10.2. The van der Waals surface area contributed by atoms with Crippen LogP contribution < -0.4 is 9.47 Å². The molecule has 16 heavy (non-hydrogen) atoms. The van der Waals surface area contributed by atoms with E-state index in [0.717, 1.165) is 11.8 Å². The summed E-state index contributed by atoms with van der Waals surface area (Å²) in [6, 6.07) is 5.38. The molecule has 4 heteroatoms. The lowest BCUT2D eigenvalue weighted by atomic mass is 10.2. The molecule has 86 valence electrons. The Morgan fingerprint density at radius 2 is 2.06 bits per heavy atom. The number of ether oxygens (including phenoxy) is 3. The third kappa shape index (κ3) is 3.40. The molecule has 0 aliphatic heterocycles. The van der Waals surface area contributed by atoms with Crippen molar-refractivity contribution in [3.05, 3.63) is 29.8 Å². The zero-order valence-corrected chi connectivity index (χ0v) is 9.30. The standard InChI is InChI=1S/C12H14O4/c1-14-9-16-11-6-5-10(4-3-7-13)8-12(11)15-2/h3-8H,9H2,1-2H3/b4-3-. The van der Waals surface area contributed by atoms with E-state index in [2.05, 4.69) is 0 Å². The van der Waals surface area contributed by atoms with E-state index in [-0.39, 0.29) is 6.79 Å². The monoisotopic (exact) mass is 222 g/mol. The van der Waals surface area contributed by atoms with E-state index >= 15 is 0 Å². The number of carbonyl (C=O) groups excluding carboxylic acids is 1. The fourth-order valence-corrected chi connectivity index (χ4v) is 1.18. The number of rotatable bonds is 6. The summed E-state index contributed by atoms with van der Waals surface area (Å²) in [5.74, 6) is 1.21. The Kier molecular flexibility index (Phi) is 5.08. The van der Waals surface area contributed by atoms with Crippen molar-refractivity contribution >= 4 is 12.4 Å². The van der Waals surface area contributed by atoms with Gasteiger partial charge in [-0.05, 0) is 23.8 Å². The topological polar surface area (TPSA) is 44.8 Å². The Morgan fingerprint density at radius 3 is 2.69 bits per heavy atom. The van der Waals surface area contributed by atoms with Crippen LogP contribution in [0.3, 0.4) is 0 Å². The molecule has 0 saturated heterocycles. The van der Waals surface area contributed by atoms with Crippen molar-refractivity contribution in [2.75, 3.05) is 21.0 Å². The predicted octanol–water partition coefficient (Wildman–Crippen LogP) is 1.89. The zero-order valence-electron chi connectivity index (χ0n) is 9.30. The highest BCUT2D eigenvalue weighted by Gasteiger charge is 2.03. The van der Waals surface area contributed by atoms with Gasteiger partial charge in [0.25, 0.3) is 0 Å². The van der Waals surface area contributed by atoms with Crippen LogP contribution in [-0.2, 0) is 9.53 Å². The first-order valence-electron chi connectivity index (χ1n) is 4.73. The Morgan fingerprint density at radius 1 is 1.25 bits per heavy atom. The maximum Gasteiger partial charge on any atom is 0.188 e. The first-order valence-corrected chi connectivity index (χ1v) is 4.73. The van der Waals surface area contributed by atoms with E-state index in [1.807, 2.05) is 6.07 Å².